The number of fused-ring (bicyclic) bond motifs is 1. The van der Waals surface area contributed by atoms with E-state index in [1.165, 1.54) is 12.1 Å². The summed E-state index contributed by atoms with van der Waals surface area (Å²) >= 11 is 0. The lowest BCUT2D eigenvalue weighted by Gasteiger charge is -2.31. The van der Waals surface area contributed by atoms with Crippen LogP contribution < -0.4 is 11.1 Å². The van der Waals surface area contributed by atoms with Crippen molar-refractivity contribution in [3.05, 3.63) is 59.5 Å². The van der Waals surface area contributed by atoms with Gasteiger partial charge in [0, 0.05) is 30.8 Å². The summed E-state index contributed by atoms with van der Waals surface area (Å²) < 4.78 is 0. The molecule has 6 N–H and O–H groups in total. The number of hydrogen-bond acceptors (Lipinski definition) is 6. The van der Waals surface area contributed by atoms with Crippen molar-refractivity contribution in [3.8, 4) is 11.5 Å². The fraction of sp³-hybridized carbons (Fsp3) is 0.417. The van der Waals surface area contributed by atoms with Crippen LogP contribution in [0, 0.1) is 11.3 Å². The Morgan fingerprint density at radius 1 is 1.25 bits per heavy atom. The molecule has 0 saturated carbocycles. The highest BCUT2D eigenvalue weighted by Crippen LogP contribution is 2.35. The van der Waals surface area contributed by atoms with Crippen LogP contribution in [0.5, 0.6) is 11.5 Å². The predicted molar refractivity (Wildman–Crippen MR) is 126 cm³/mol. The van der Waals surface area contributed by atoms with Crippen molar-refractivity contribution in [2.45, 2.75) is 39.2 Å². The van der Waals surface area contributed by atoms with E-state index in [1.54, 1.807) is 6.08 Å². The molecule has 2 aliphatic rings. The van der Waals surface area contributed by atoms with Crippen molar-refractivity contribution in [2.24, 2.45) is 11.7 Å². The van der Waals surface area contributed by atoms with Crippen LogP contribution in [-0.4, -0.2) is 57.6 Å². The number of carbonyl (C=O) groups excluding carboxylic acids is 1. The normalized spacial score (nSPS) is 19.2. The highest BCUT2D eigenvalue weighted by molar-refractivity contribution is 6.09. The summed E-state index contributed by atoms with van der Waals surface area (Å²) in [6.07, 6.45) is 11.0. The molecular weight excluding hydrogens is 406 g/mol. The highest BCUT2D eigenvalue weighted by Gasteiger charge is 2.32. The van der Waals surface area contributed by atoms with E-state index in [9.17, 15) is 15.0 Å². The fourth-order valence-corrected chi connectivity index (χ4v) is 4.10. The van der Waals surface area contributed by atoms with E-state index in [2.05, 4.69) is 29.4 Å². The summed E-state index contributed by atoms with van der Waals surface area (Å²) in [6, 6.07) is 2.07. The Balaban J connectivity index is 1.82. The molecule has 1 aromatic rings. The van der Waals surface area contributed by atoms with Crippen molar-refractivity contribution in [1.82, 2.24) is 15.1 Å². The van der Waals surface area contributed by atoms with E-state index in [0.29, 0.717) is 11.3 Å². The zero-order chi connectivity index (χ0) is 23.4. The van der Waals surface area contributed by atoms with Crippen LogP contribution in [0.1, 0.15) is 44.2 Å². The molecule has 8 nitrogen and oxygen atoms in total. The summed E-state index contributed by atoms with van der Waals surface area (Å²) in [5.74, 6) is -0.554. The first-order chi connectivity index (χ1) is 15.2. The Bertz CT molecular complexity index is 967. The number of phenols is 2. The molecule has 3 rings (SSSR count). The molecule has 2 unspecified atom stereocenters. The monoisotopic (exact) mass is 439 g/mol. The third-order valence-electron chi connectivity index (χ3n) is 5.80. The molecule has 0 spiro atoms. The number of primary amides is 1. The largest absolute Gasteiger partial charge is 0.508 e. The fourth-order valence-electron chi connectivity index (χ4n) is 4.10. The molecule has 0 saturated heterocycles. The molecule has 172 valence electrons. The number of hydrogen-bond donors (Lipinski definition) is 5. The van der Waals surface area contributed by atoms with Crippen LogP contribution in [0.3, 0.4) is 0 Å². The second-order valence-electron chi connectivity index (χ2n) is 8.45. The molecule has 0 fully saturated rings. The maximum Gasteiger partial charge on any atom is 0.325 e. The number of amidine groups is 1. The van der Waals surface area contributed by atoms with Crippen LogP contribution in [0.25, 0.3) is 0 Å². The maximum absolute atomic E-state index is 12.3. The molecule has 0 radical (unpaired) electrons. The van der Waals surface area contributed by atoms with Gasteiger partial charge < -0.3 is 26.2 Å². The quantitative estimate of drug-likeness (QED) is 0.242. The molecule has 2 amide bonds. The maximum atomic E-state index is 12.3. The summed E-state index contributed by atoms with van der Waals surface area (Å²) in [5.41, 5.74) is 6.84. The van der Waals surface area contributed by atoms with Gasteiger partial charge in [0.05, 0.1) is 11.6 Å². The van der Waals surface area contributed by atoms with Gasteiger partial charge in [-0.15, -0.1) is 0 Å². The second kappa shape index (κ2) is 9.91. The van der Waals surface area contributed by atoms with E-state index >= 15 is 0 Å². The lowest BCUT2D eigenvalue weighted by atomic mass is 9.94. The van der Waals surface area contributed by atoms with Gasteiger partial charge in [0.25, 0.3) is 0 Å². The number of phenolic OH excluding ortho intramolecular Hbond substituents is 2. The zero-order valence-electron chi connectivity index (χ0n) is 18.9. The number of nitrogens with two attached hydrogens (primary N) is 1. The molecule has 1 aliphatic carbocycles. The molecule has 0 aromatic heterocycles. The molecule has 32 heavy (non-hydrogen) atoms. The van der Waals surface area contributed by atoms with Crippen LogP contribution in [0.2, 0.25) is 0 Å². The Morgan fingerprint density at radius 3 is 2.66 bits per heavy atom. The van der Waals surface area contributed by atoms with E-state index in [0.717, 1.165) is 31.0 Å². The standard InChI is InChI=1S/C24H33N5O3/c1-4-8-27-9-11-28-10-7-16-12-17(5-6-20(16)28)29(24(26)32)23(25)19-13-18(15(2)3)21(30)14-22(19)31/h5-7,10,12-16,20,25,27,30-31H,4,8-9,11H2,1-3H3,(H2,26,32). The van der Waals surface area contributed by atoms with E-state index in [1.807, 2.05) is 26.0 Å². The zero-order valence-corrected chi connectivity index (χ0v) is 18.9. The molecule has 2 atom stereocenters. The number of allylic oxidation sites excluding steroid dienone is 1. The first kappa shape index (κ1) is 23.4. The highest BCUT2D eigenvalue weighted by atomic mass is 16.3. The van der Waals surface area contributed by atoms with E-state index in [-0.39, 0.29) is 40.8 Å². The number of benzene rings is 1. The summed E-state index contributed by atoms with van der Waals surface area (Å²) in [4.78, 5) is 15.7. The van der Waals surface area contributed by atoms with Gasteiger partial charge in [-0.3, -0.25) is 5.41 Å². The topological polar surface area (TPSA) is 126 Å². The van der Waals surface area contributed by atoms with Crippen LogP contribution >= 0.6 is 0 Å². The minimum Gasteiger partial charge on any atom is -0.508 e. The smallest absolute Gasteiger partial charge is 0.325 e. The van der Waals surface area contributed by atoms with Gasteiger partial charge in [-0.2, -0.15) is 0 Å². The minimum atomic E-state index is -0.814. The molecule has 1 aliphatic heterocycles. The average molecular weight is 440 g/mol. The Labute approximate surface area is 189 Å². The molecule has 1 heterocycles. The minimum absolute atomic E-state index is 0.0276. The predicted octanol–water partition coefficient (Wildman–Crippen LogP) is 3.19. The van der Waals surface area contributed by atoms with Gasteiger partial charge in [0.1, 0.15) is 17.3 Å². The van der Waals surface area contributed by atoms with Crippen LogP contribution in [-0.2, 0) is 0 Å². The van der Waals surface area contributed by atoms with Crippen LogP contribution in [0.15, 0.2) is 48.3 Å². The SMILES string of the molecule is CCCNCCN1C=CC2C=C(N(C(=N)c3cc(C(C)C)c(O)cc3O)C(N)=O)C=CC21. The first-order valence-corrected chi connectivity index (χ1v) is 11.0. The van der Waals surface area contributed by atoms with Crippen molar-refractivity contribution in [2.75, 3.05) is 19.6 Å². The number of aromatic hydroxyl groups is 2. The van der Waals surface area contributed by atoms with Gasteiger partial charge in [-0.25, -0.2) is 9.69 Å². The van der Waals surface area contributed by atoms with E-state index in [4.69, 9.17) is 11.1 Å². The Morgan fingerprint density at radius 2 is 2.00 bits per heavy atom. The Hall–Kier alpha value is -3.26. The number of amides is 2. The van der Waals surface area contributed by atoms with Gasteiger partial charge in [0.2, 0.25) is 0 Å². The molecule has 1 aromatic carbocycles. The summed E-state index contributed by atoms with van der Waals surface area (Å²) in [6.45, 7) is 8.69. The third-order valence-corrected chi connectivity index (χ3v) is 5.80. The van der Waals surface area contributed by atoms with Gasteiger partial charge in [-0.1, -0.05) is 39.0 Å². The second-order valence-corrected chi connectivity index (χ2v) is 8.45. The number of nitrogens with zero attached hydrogens (tertiary/aromatic N) is 2. The van der Waals surface area contributed by atoms with Gasteiger partial charge >= 0.3 is 6.03 Å². The van der Waals surface area contributed by atoms with Crippen molar-refractivity contribution < 1.29 is 15.0 Å². The summed E-state index contributed by atoms with van der Waals surface area (Å²) in [7, 11) is 0. The van der Waals surface area contributed by atoms with Crippen LogP contribution in [0.4, 0.5) is 4.79 Å². The van der Waals surface area contributed by atoms with E-state index < -0.39 is 6.03 Å². The lowest BCUT2D eigenvalue weighted by molar-refractivity contribution is 0.236. The van der Waals surface area contributed by atoms with Gasteiger partial charge in [-0.05, 0) is 42.8 Å². The van der Waals surface area contributed by atoms with Crippen molar-refractivity contribution in [1.29, 1.82) is 5.41 Å². The van der Waals surface area contributed by atoms with Crippen molar-refractivity contribution in [3.63, 3.8) is 0 Å². The summed E-state index contributed by atoms with van der Waals surface area (Å²) in [5, 5.41) is 32.5. The molecular formula is C24H33N5O3. The lowest BCUT2D eigenvalue weighted by Crippen LogP contribution is -2.42. The number of nitrogens with one attached hydrogen (secondary N) is 2. The van der Waals surface area contributed by atoms with Gasteiger partial charge in [0.15, 0.2) is 0 Å². The number of carbonyl (C=O) groups is 1. The molecule has 0 bridgehead atoms. The molecule has 8 heteroatoms. The van der Waals surface area contributed by atoms with Crippen molar-refractivity contribution >= 4 is 11.9 Å². The third kappa shape index (κ3) is 4.80. The number of rotatable bonds is 8. The first-order valence-electron chi connectivity index (χ1n) is 11.0. The Kier molecular flexibility index (Phi) is 7.25. The number of urea groups is 1. The average Bonchev–Trinajstić information content (AvgIpc) is 3.13.